The molecule has 13 heteroatoms. The predicted molar refractivity (Wildman–Crippen MR) is 141 cm³/mol. The minimum atomic E-state index is -4.62. The summed E-state index contributed by atoms with van der Waals surface area (Å²) in [5.74, 6) is -1.73. The first-order valence-corrected chi connectivity index (χ1v) is 13.4. The smallest absolute Gasteiger partial charge is 0.444 e. The number of para-hydroxylation sites is 1. The summed E-state index contributed by atoms with van der Waals surface area (Å²) in [6.45, 7) is 5.66. The van der Waals surface area contributed by atoms with Crippen LogP contribution in [0.25, 0.3) is 11.5 Å². The molecule has 1 saturated heterocycles. The lowest BCUT2D eigenvalue weighted by Crippen LogP contribution is -2.34. The van der Waals surface area contributed by atoms with E-state index in [9.17, 15) is 17.6 Å². The van der Waals surface area contributed by atoms with Crippen LogP contribution in [0, 0.1) is 12.7 Å². The monoisotopic (exact) mass is 588 g/mol. The van der Waals surface area contributed by atoms with Gasteiger partial charge in [0.2, 0.25) is 11.6 Å². The van der Waals surface area contributed by atoms with Crippen molar-refractivity contribution < 1.29 is 27.0 Å². The first kappa shape index (κ1) is 27.4. The maximum atomic E-state index is 14.7. The third-order valence-corrected chi connectivity index (χ3v) is 7.74. The number of alkyl halides is 3. The lowest BCUT2D eigenvalue weighted by atomic mass is 9.88. The van der Waals surface area contributed by atoms with Crippen LogP contribution in [0.5, 0.6) is 11.5 Å². The van der Waals surface area contributed by atoms with Crippen molar-refractivity contribution in [2.75, 3.05) is 13.1 Å². The Hall–Kier alpha value is -3.77. The third-order valence-electron chi connectivity index (χ3n) is 7.50. The Balaban J connectivity index is 1.12. The number of piperidine rings is 1. The maximum absolute atomic E-state index is 14.7. The number of ether oxygens (including phenoxy) is 2. The average Bonchev–Trinajstić information content (AvgIpc) is 3.55. The number of aromatic nitrogens is 5. The number of nitrogens with one attached hydrogen (secondary N) is 1. The molecule has 0 unspecified atom stereocenters. The molecule has 41 heavy (non-hydrogen) atoms. The molecule has 2 aliphatic rings. The fraction of sp³-hybridized carbons (Fsp3) is 0.357. The quantitative estimate of drug-likeness (QED) is 0.270. The molecule has 2 aromatic heterocycles. The van der Waals surface area contributed by atoms with E-state index in [0.717, 1.165) is 42.8 Å². The highest BCUT2D eigenvalue weighted by Crippen LogP contribution is 2.49. The van der Waals surface area contributed by atoms with E-state index in [2.05, 4.69) is 25.2 Å². The molecule has 2 aliphatic heterocycles. The number of benzene rings is 2. The molecule has 8 nitrogen and oxygen atoms in total. The van der Waals surface area contributed by atoms with Gasteiger partial charge in [-0.2, -0.15) is 23.4 Å². The molecule has 0 bridgehead atoms. The van der Waals surface area contributed by atoms with Crippen LogP contribution in [0.2, 0.25) is 5.02 Å². The van der Waals surface area contributed by atoms with Gasteiger partial charge in [0.05, 0.1) is 11.3 Å². The number of fused-ring (bicyclic) bond motifs is 1. The Kier molecular flexibility index (Phi) is 6.85. The summed E-state index contributed by atoms with van der Waals surface area (Å²) in [4.78, 5) is 5.75. The van der Waals surface area contributed by atoms with Gasteiger partial charge in [0, 0.05) is 24.1 Å². The van der Waals surface area contributed by atoms with Gasteiger partial charge in [-0.25, -0.2) is 9.37 Å². The summed E-state index contributed by atoms with van der Waals surface area (Å²) in [6, 6.07) is 11.8. The topological polar surface area (TPSA) is 89.0 Å². The SMILES string of the molecule is Cc1cc(-c2n[nH]c(C(F)(F)F)n2)nnc1CN1CCC(c2cccc3c2O[C@@](C)(c2ccc(Cl)cc2F)O3)CC1. The molecule has 4 heterocycles. The number of nitrogens with zero attached hydrogens (tertiary/aromatic N) is 5. The fourth-order valence-electron chi connectivity index (χ4n) is 5.33. The van der Waals surface area contributed by atoms with Crippen molar-refractivity contribution in [2.24, 2.45) is 0 Å². The van der Waals surface area contributed by atoms with Crippen LogP contribution < -0.4 is 9.47 Å². The number of likely N-dealkylation sites (tertiary alicyclic amines) is 1. The molecule has 214 valence electrons. The highest BCUT2D eigenvalue weighted by Gasteiger charge is 2.43. The van der Waals surface area contributed by atoms with E-state index in [-0.39, 0.29) is 23.0 Å². The van der Waals surface area contributed by atoms with Gasteiger partial charge in [0.25, 0.3) is 5.79 Å². The minimum Gasteiger partial charge on any atom is -0.444 e. The van der Waals surface area contributed by atoms with Gasteiger partial charge in [-0.1, -0.05) is 23.7 Å². The lowest BCUT2D eigenvalue weighted by molar-refractivity contribution is -0.144. The van der Waals surface area contributed by atoms with Crippen LogP contribution in [-0.4, -0.2) is 43.4 Å². The van der Waals surface area contributed by atoms with Crippen molar-refractivity contribution in [3.8, 4) is 23.0 Å². The van der Waals surface area contributed by atoms with Gasteiger partial charge < -0.3 is 9.47 Å². The summed E-state index contributed by atoms with van der Waals surface area (Å²) in [5, 5.41) is 14.1. The second kappa shape index (κ2) is 10.3. The van der Waals surface area contributed by atoms with Crippen LogP contribution in [0.15, 0.2) is 42.5 Å². The minimum absolute atomic E-state index is 0.156. The fourth-order valence-corrected chi connectivity index (χ4v) is 5.49. The van der Waals surface area contributed by atoms with Gasteiger partial charge in [0.1, 0.15) is 11.5 Å². The van der Waals surface area contributed by atoms with E-state index in [0.29, 0.717) is 23.1 Å². The predicted octanol–water partition coefficient (Wildman–Crippen LogP) is 6.41. The summed E-state index contributed by atoms with van der Waals surface area (Å²) in [7, 11) is 0. The molecular weight excluding hydrogens is 564 g/mol. The van der Waals surface area contributed by atoms with Gasteiger partial charge in [-0.3, -0.25) is 10.00 Å². The molecule has 1 N–H and O–H groups in total. The van der Waals surface area contributed by atoms with Crippen molar-refractivity contribution in [1.29, 1.82) is 0 Å². The molecule has 1 atom stereocenters. The van der Waals surface area contributed by atoms with Gasteiger partial charge in [0.15, 0.2) is 11.5 Å². The Morgan fingerprint density at radius 2 is 1.88 bits per heavy atom. The maximum Gasteiger partial charge on any atom is 0.451 e. The molecule has 0 saturated carbocycles. The van der Waals surface area contributed by atoms with Crippen molar-refractivity contribution in [3.63, 3.8) is 0 Å². The number of aryl methyl sites for hydroxylation is 1. The zero-order chi connectivity index (χ0) is 28.9. The second-order valence-corrected chi connectivity index (χ2v) is 10.8. The van der Waals surface area contributed by atoms with Crippen LogP contribution in [0.4, 0.5) is 17.6 Å². The van der Waals surface area contributed by atoms with Crippen LogP contribution in [0.3, 0.4) is 0 Å². The molecule has 0 radical (unpaired) electrons. The Bertz CT molecular complexity index is 1600. The van der Waals surface area contributed by atoms with Gasteiger partial charge in [-0.15, -0.1) is 5.10 Å². The number of aromatic amines is 1. The van der Waals surface area contributed by atoms with E-state index < -0.39 is 23.6 Å². The van der Waals surface area contributed by atoms with E-state index >= 15 is 0 Å². The zero-order valence-electron chi connectivity index (χ0n) is 22.1. The van der Waals surface area contributed by atoms with Crippen molar-refractivity contribution in [1.82, 2.24) is 30.3 Å². The number of hydrogen-bond acceptors (Lipinski definition) is 7. The van der Waals surface area contributed by atoms with E-state index in [1.165, 1.54) is 6.07 Å². The largest absolute Gasteiger partial charge is 0.451 e. The normalized spacial score (nSPS) is 19.6. The number of hydrogen-bond donors (Lipinski definition) is 1. The van der Waals surface area contributed by atoms with Gasteiger partial charge in [-0.05, 0) is 74.7 Å². The molecule has 2 aromatic carbocycles. The molecule has 1 fully saturated rings. The zero-order valence-corrected chi connectivity index (χ0v) is 22.9. The highest BCUT2D eigenvalue weighted by molar-refractivity contribution is 6.30. The van der Waals surface area contributed by atoms with Gasteiger partial charge >= 0.3 is 6.18 Å². The summed E-state index contributed by atoms with van der Waals surface area (Å²) in [6.07, 6.45) is -2.91. The highest BCUT2D eigenvalue weighted by atomic mass is 35.5. The van der Waals surface area contributed by atoms with Crippen LogP contribution >= 0.6 is 11.6 Å². The van der Waals surface area contributed by atoms with E-state index in [1.807, 2.05) is 30.2 Å². The molecule has 0 amide bonds. The number of halogens is 5. The third kappa shape index (κ3) is 5.33. The van der Waals surface area contributed by atoms with Crippen molar-refractivity contribution in [3.05, 3.63) is 81.5 Å². The lowest BCUT2D eigenvalue weighted by Gasteiger charge is -2.32. The molecule has 6 rings (SSSR count). The molecule has 0 spiro atoms. The Morgan fingerprint density at radius 3 is 2.56 bits per heavy atom. The first-order valence-electron chi connectivity index (χ1n) is 13.0. The molecule has 4 aromatic rings. The van der Waals surface area contributed by atoms with Crippen molar-refractivity contribution in [2.45, 2.75) is 51.1 Å². The van der Waals surface area contributed by atoms with Crippen LogP contribution in [0.1, 0.15) is 53.9 Å². The van der Waals surface area contributed by atoms with Crippen molar-refractivity contribution >= 4 is 11.6 Å². The van der Waals surface area contributed by atoms with E-state index in [1.54, 1.807) is 25.1 Å². The van der Waals surface area contributed by atoms with E-state index in [4.69, 9.17) is 21.1 Å². The number of H-pyrrole nitrogens is 1. The first-order chi connectivity index (χ1) is 19.5. The Morgan fingerprint density at radius 1 is 1.10 bits per heavy atom. The second-order valence-electron chi connectivity index (χ2n) is 10.4. The average molecular weight is 589 g/mol. The standard InChI is InChI=1S/C28H25ClF4N6O2/c1-15-12-21(25-34-26(38-37-25)28(31,32)33)35-36-22(15)14-39-10-8-16(9-11-39)18-4-3-5-23-24(18)41-27(2,40-23)19-7-6-17(29)13-20(19)30/h3-7,12-13,16H,8-11,14H2,1-2H3,(H,34,37,38)/t27-/m0/s1. The number of rotatable bonds is 5. The Labute approximate surface area is 237 Å². The van der Waals surface area contributed by atoms with Crippen LogP contribution in [-0.2, 0) is 18.5 Å². The molecular formula is C28H25ClF4N6O2. The summed E-state index contributed by atoms with van der Waals surface area (Å²) in [5.41, 5.74) is 2.98. The molecule has 0 aliphatic carbocycles. The summed E-state index contributed by atoms with van der Waals surface area (Å²) >= 11 is 5.93. The summed E-state index contributed by atoms with van der Waals surface area (Å²) < 4.78 is 65.6.